The van der Waals surface area contributed by atoms with E-state index in [9.17, 15) is 0 Å². The summed E-state index contributed by atoms with van der Waals surface area (Å²) in [5, 5.41) is 8.46. The molecular formula is C13H18N2. The zero-order valence-corrected chi connectivity index (χ0v) is 9.08. The molecule has 2 heteroatoms. The molecule has 2 N–H and O–H groups in total. The molecule has 0 aliphatic carbocycles. The van der Waals surface area contributed by atoms with E-state index in [2.05, 4.69) is 30.3 Å². The highest BCUT2D eigenvalue weighted by molar-refractivity contribution is 5.23. The zero-order valence-electron chi connectivity index (χ0n) is 9.08. The number of hydrogen-bond acceptors (Lipinski definition) is 2. The quantitative estimate of drug-likeness (QED) is 0.720. The molecule has 0 radical (unpaired) electrons. The Hall–Kier alpha value is -1.33. The van der Waals surface area contributed by atoms with Crippen molar-refractivity contribution in [3.05, 3.63) is 35.4 Å². The molecule has 1 rings (SSSR count). The molecule has 0 aliphatic rings. The van der Waals surface area contributed by atoms with Gasteiger partial charge in [-0.25, -0.2) is 0 Å². The van der Waals surface area contributed by atoms with Crippen molar-refractivity contribution in [3.63, 3.8) is 0 Å². The van der Waals surface area contributed by atoms with E-state index in [0.29, 0.717) is 6.42 Å². The number of unbranched alkanes of at least 4 members (excludes halogenated alkanes) is 1. The molecule has 0 aliphatic heterocycles. The lowest BCUT2D eigenvalue weighted by molar-refractivity contribution is 0.744. The van der Waals surface area contributed by atoms with Gasteiger partial charge in [0.05, 0.1) is 6.07 Å². The van der Waals surface area contributed by atoms with E-state index in [4.69, 9.17) is 11.0 Å². The number of aryl methyl sites for hydroxylation is 2. The molecule has 0 unspecified atom stereocenters. The molecule has 2 nitrogen and oxygen atoms in total. The fraction of sp³-hybridized carbons (Fsp3) is 0.462. The molecule has 1 aromatic rings. The van der Waals surface area contributed by atoms with Gasteiger partial charge in [0.15, 0.2) is 0 Å². The molecular weight excluding hydrogens is 184 g/mol. The molecule has 0 amide bonds. The summed E-state index contributed by atoms with van der Waals surface area (Å²) in [6.07, 6.45) is 4.83. The van der Waals surface area contributed by atoms with E-state index >= 15 is 0 Å². The third kappa shape index (κ3) is 4.62. The number of nitriles is 1. The highest BCUT2D eigenvalue weighted by Crippen LogP contribution is 2.09. The van der Waals surface area contributed by atoms with Crippen molar-refractivity contribution in [2.24, 2.45) is 5.73 Å². The number of benzene rings is 1. The van der Waals surface area contributed by atoms with Gasteiger partial charge in [-0.3, -0.25) is 0 Å². The van der Waals surface area contributed by atoms with Crippen LogP contribution in [-0.4, -0.2) is 6.54 Å². The maximum absolute atomic E-state index is 8.46. The minimum absolute atomic E-state index is 0.604. The number of hydrogen-bond donors (Lipinski definition) is 1. The highest BCUT2D eigenvalue weighted by atomic mass is 14.5. The van der Waals surface area contributed by atoms with Crippen molar-refractivity contribution < 1.29 is 0 Å². The maximum atomic E-state index is 8.46. The van der Waals surface area contributed by atoms with Crippen LogP contribution in [0.5, 0.6) is 0 Å². The van der Waals surface area contributed by atoms with Crippen molar-refractivity contribution in [1.29, 1.82) is 5.26 Å². The molecule has 0 bridgehead atoms. The van der Waals surface area contributed by atoms with Gasteiger partial charge in [0, 0.05) is 6.42 Å². The van der Waals surface area contributed by atoms with Gasteiger partial charge in [-0.15, -0.1) is 0 Å². The molecule has 15 heavy (non-hydrogen) atoms. The number of nitrogens with two attached hydrogens (primary N) is 1. The van der Waals surface area contributed by atoms with Crippen molar-refractivity contribution in [3.8, 4) is 6.07 Å². The lowest BCUT2D eigenvalue weighted by Gasteiger charge is -2.02. The predicted octanol–water partition coefficient (Wildman–Crippen LogP) is 2.42. The average molecular weight is 202 g/mol. The van der Waals surface area contributed by atoms with E-state index in [1.165, 1.54) is 11.1 Å². The standard InChI is InChI=1S/C13H18N2/c14-10-2-1-4-12-6-8-13(9-7-12)5-3-11-15/h6-9H,1-5,10,14H2. The fourth-order valence-electron chi connectivity index (χ4n) is 1.55. The molecule has 80 valence electrons. The van der Waals surface area contributed by atoms with Crippen LogP contribution in [0.25, 0.3) is 0 Å². The summed E-state index contributed by atoms with van der Waals surface area (Å²) in [7, 11) is 0. The summed E-state index contributed by atoms with van der Waals surface area (Å²) in [6.45, 7) is 0.778. The zero-order chi connectivity index (χ0) is 10.9. The third-order valence-electron chi connectivity index (χ3n) is 2.47. The molecule has 0 atom stereocenters. The Morgan fingerprint density at radius 1 is 1.00 bits per heavy atom. The summed E-state index contributed by atoms with van der Waals surface area (Å²) in [6, 6.07) is 10.7. The van der Waals surface area contributed by atoms with Crippen molar-refractivity contribution >= 4 is 0 Å². The Kier molecular flexibility index (Phi) is 5.50. The number of nitrogens with zero attached hydrogens (tertiary/aromatic N) is 1. The Bertz CT molecular complexity index is 308. The SMILES string of the molecule is N#CCCc1ccc(CCCCN)cc1. The third-order valence-corrected chi connectivity index (χ3v) is 2.47. The average Bonchev–Trinajstić information content (AvgIpc) is 2.28. The van der Waals surface area contributed by atoms with Crippen LogP contribution >= 0.6 is 0 Å². The first-order valence-corrected chi connectivity index (χ1v) is 5.51. The summed E-state index contributed by atoms with van der Waals surface area (Å²) < 4.78 is 0. The van der Waals surface area contributed by atoms with E-state index in [1.807, 2.05) is 0 Å². The summed E-state index contributed by atoms with van der Waals surface area (Å²) in [5.41, 5.74) is 8.06. The van der Waals surface area contributed by atoms with Crippen molar-refractivity contribution in [2.75, 3.05) is 6.54 Å². The topological polar surface area (TPSA) is 49.8 Å². The van der Waals surface area contributed by atoms with Crippen LogP contribution in [0.4, 0.5) is 0 Å². The molecule has 0 aromatic heterocycles. The molecule has 0 saturated carbocycles. The van der Waals surface area contributed by atoms with Gasteiger partial charge >= 0.3 is 0 Å². The molecule has 1 aromatic carbocycles. The molecule has 0 spiro atoms. The Labute approximate surface area is 91.7 Å². The van der Waals surface area contributed by atoms with Crippen LogP contribution in [0.15, 0.2) is 24.3 Å². The Morgan fingerprint density at radius 2 is 1.60 bits per heavy atom. The second-order valence-corrected chi connectivity index (χ2v) is 3.72. The van der Waals surface area contributed by atoms with Crippen molar-refractivity contribution in [1.82, 2.24) is 0 Å². The minimum Gasteiger partial charge on any atom is -0.330 e. The normalized spacial score (nSPS) is 9.87. The smallest absolute Gasteiger partial charge is 0.0625 e. The van der Waals surface area contributed by atoms with E-state index in [0.717, 1.165) is 32.2 Å². The first kappa shape index (κ1) is 11.7. The monoisotopic (exact) mass is 202 g/mol. The first-order valence-electron chi connectivity index (χ1n) is 5.51. The van der Waals surface area contributed by atoms with Gasteiger partial charge in [-0.2, -0.15) is 5.26 Å². The highest BCUT2D eigenvalue weighted by Gasteiger charge is 1.95. The van der Waals surface area contributed by atoms with Gasteiger partial charge in [-0.05, 0) is 43.4 Å². The second-order valence-electron chi connectivity index (χ2n) is 3.72. The Morgan fingerprint density at radius 3 is 2.13 bits per heavy atom. The molecule has 0 saturated heterocycles. The summed E-state index contributed by atoms with van der Waals surface area (Å²) in [5.74, 6) is 0. The lowest BCUT2D eigenvalue weighted by atomic mass is 10.0. The summed E-state index contributed by atoms with van der Waals surface area (Å²) in [4.78, 5) is 0. The van der Waals surface area contributed by atoms with Gasteiger partial charge < -0.3 is 5.73 Å². The van der Waals surface area contributed by atoms with Crippen LogP contribution in [0.2, 0.25) is 0 Å². The largest absolute Gasteiger partial charge is 0.330 e. The summed E-state index contributed by atoms with van der Waals surface area (Å²) >= 11 is 0. The van der Waals surface area contributed by atoms with E-state index in [1.54, 1.807) is 0 Å². The maximum Gasteiger partial charge on any atom is 0.0625 e. The lowest BCUT2D eigenvalue weighted by Crippen LogP contribution is -1.99. The second kappa shape index (κ2) is 7.03. The van der Waals surface area contributed by atoms with Gasteiger partial charge in [0.2, 0.25) is 0 Å². The van der Waals surface area contributed by atoms with Crippen molar-refractivity contribution in [2.45, 2.75) is 32.1 Å². The first-order chi connectivity index (χ1) is 7.36. The predicted molar refractivity (Wildman–Crippen MR) is 62.4 cm³/mol. The van der Waals surface area contributed by atoms with Gasteiger partial charge in [0.25, 0.3) is 0 Å². The molecule has 0 heterocycles. The Balaban J connectivity index is 2.39. The van der Waals surface area contributed by atoms with E-state index in [-0.39, 0.29) is 0 Å². The van der Waals surface area contributed by atoms with Gasteiger partial charge in [0.1, 0.15) is 0 Å². The van der Waals surface area contributed by atoms with Crippen LogP contribution < -0.4 is 5.73 Å². The number of rotatable bonds is 6. The fourth-order valence-corrected chi connectivity index (χ4v) is 1.55. The van der Waals surface area contributed by atoms with Gasteiger partial charge in [-0.1, -0.05) is 24.3 Å². The van der Waals surface area contributed by atoms with Crippen LogP contribution in [0.3, 0.4) is 0 Å². The van der Waals surface area contributed by atoms with Crippen LogP contribution in [0.1, 0.15) is 30.4 Å². The van der Waals surface area contributed by atoms with Crippen LogP contribution in [0, 0.1) is 11.3 Å². The van der Waals surface area contributed by atoms with E-state index < -0.39 is 0 Å². The van der Waals surface area contributed by atoms with Crippen LogP contribution in [-0.2, 0) is 12.8 Å². The molecule has 0 fully saturated rings. The minimum atomic E-state index is 0.604.